The van der Waals surface area contributed by atoms with E-state index in [-0.39, 0.29) is 17.7 Å². The summed E-state index contributed by atoms with van der Waals surface area (Å²) in [6, 6.07) is 19.5. The van der Waals surface area contributed by atoms with Crippen LogP contribution in [0, 0.1) is 20.2 Å². The number of benzene rings is 3. The first-order valence-corrected chi connectivity index (χ1v) is 9.74. The molecule has 2 atom stereocenters. The van der Waals surface area contributed by atoms with Crippen molar-refractivity contribution in [2.75, 3.05) is 7.11 Å². The zero-order chi connectivity index (χ0) is 24.0. The van der Waals surface area contributed by atoms with Crippen molar-refractivity contribution in [2.45, 2.75) is 18.3 Å². The monoisotopic (exact) mass is 452 g/mol. The van der Waals surface area contributed by atoms with E-state index >= 15 is 0 Å². The molecular weight excluding hydrogens is 432 g/mol. The molecule has 0 aliphatic heterocycles. The van der Waals surface area contributed by atoms with Gasteiger partial charge in [0.1, 0.15) is 6.10 Å². The molecule has 33 heavy (non-hydrogen) atoms. The molecule has 10 nitrogen and oxygen atoms in total. The van der Waals surface area contributed by atoms with Crippen LogP contribution in [-0.4, -0.2) is 28.0 Å². The SMILES string of the molecule is COC(=O)C(OCc1ccccc1)(c1ccccc1)C(O)c1ccc([N+](=O)[O-])cc1[N+](=O)[O-]. The highest BCUT2D eigenvalue weighted by molar-refractivity contribution is 5.83. The van der Waals surface area contributed by atoms with Crippen LogP contribution in [0.3, 0.4) is 0 Å². The number of aliphatic hydroxyl groups is 1. The van der Waals surface area contributed by atoms with Crippen molar-refractivity contribution in [1.29, 1.82) is 0 Å². The van der Waals surface area contributed by atoms with Crippen molar-refractivity contribution >= 4 is 17.3 Å². The molecule has 0 aliphatic carbocycles. The van der Waals surface area contributed by atoms with Crippen molar-refractivity contribution in [3.8, 4) is 0 Å². The Bertz CT molecular complexity index is 1150. The summed E-state index contributed by atoms with van der Waals surface area (Å²) in [6.45, 7) is -0.136. The van der Waals surface area contributed by atoms with Crippen LogP contribution in [0.15, 0.2) is 78.9 Å². The number of nitro groups is 2. The van der Waals surface area contributed by atoms with Gasteiger partial charge in [0.2, 0.25) is 5.60 Å². The quantitative estimate of drug-likeness (QED) is 0.293. The minimum absolute atomic E-state index is 0.136. The zero-order valence-electron chi connectivity index (χ0n) is 17.5. The molecule has 0 saturated carbocycles. The van der Waals surface area contributed by atoms with Crippen LogP contribution in [0.1, 0.15) is 22.8 Å². The lowest BCUT2D eigenvalue weighted by Gasteiger charge is -2.35. The van der Waals surface area contributed by atoms with Crippen LogP contribution < -0.4 is 0 Å². The number of esters is 1. The van der Waals surface area contributed by atoms with Crippen LogP contribution in [0.2, 0.25) is 0 Å². The molecule has 0 aliphatic rings. The lowest BCUT2D eigenvalue weighted by Crippen LogP contribution is -2.45. The molecule has 0 spiro atoms. The number of hydrogen-bond donors (Lipinski definition) is 1. The predicted molar refractivity (Wildman–Crippen MR) is 116 cm³/mol. The van der Waals surface area contributed by atoms with E-state index in [0.29, 0.717) is 5.56 Å². The van der Waals surface area contributed by atoms with Crippen LogP contribution >= 0.6 is 0 Å². The maximum atomic E-state index is 13.1. The molecule has 3 aromatic rings. The smallest absolute Gasteiger partial charge is 0.346 e. The van der Waals surface area contributed by atoms with Gasteiger partial charge in [-0.25, -0.2) is 4.79 Å². The normalized spacial score (nSPS) is 13.5. The predicted octanol–water partition coefficient (Wildman–Crippen LogP) is 3.82. The molecule has 3 aromatic carbocycles. The highest BCUT2D eigenvalue weighted by Crippen LogP contribution is 2.44. The third kappa shape index (κ3) is 4.71. The first-order valence-electron chi connectivity index (χ1n) is 9.74. The summed E-state index contributed by atoms with van der Waals surface area (Å²) in [7, 11) is 1.10. The van der Waals surface area contributed by atoms with E-state index in [1.807, 2.05) is 0 Å². The van der Waals surface area contributed by atoms with Crippen LogP contribution in [0.5, 0.6) is 0 Å². The number of hydrogen-bond acceptors (Lipinski definition) is 8. The molecule has 2 unspecified atom stereocenters. The summed E-state index contributed by atoms with van der Waals surface area (Å²) in [6.07, 6.45) is -1.93. The first kappa shape index (κ1) is 23.5. The standard InChI is InChI=1S/C23H20N2O8/c1-32-22(27)23(17-10-6-3-7-11-17,33-15-16-8-4-2-5-9-16)21(26)19-13-12-18(24(28)29)14-20(19)25(30)31/h2-14,21,26H,15H2,1H3. The number of methoxy groups -OCH3 is 1. The number of non-ortho nitro benzene ring substituents is 1. The Morgan fingerprint density at radius 3 is 2.12 bits per heavy atom. The maximum absolute atomic E-state index is 13.1. The summed E-state index contributed by atoms with van der Waals surface area (Å²) < 4.78 is 11.0. The van der Waals surface area contributed by atoms with E-state index in [4.69, 9.17) is 9.47 Å². The van der Waals surface area contributed by atoms with Crippen molar-refractivity contribution in [2.24, 2.45) is 0 Å². The second-order valence-electron chi connectivity index (χ2n) is 7.03. The van der Waals surface area contributed by atoms with E-state index in [2.05, 4.69) is 0 Å². The fraction of sp³-hybridized carbons (Fsp3) is 0.174. The van der Waals surface area contributed by atoms with Gasteiger partial charge in [0, 0.05) is 6.07 Å². The minimum atomic E-state index is -2.20. The van der Waals surface area contributed by atoms with E-state index < -0.39 is 38.9 Å². The minimum Gasteiger partial charge on any atom is -0.467 e. The molecule has 10 heteroatoms. The summed E-state index contributed by atoms with van der Waals surface area (Å²) >= 11 is 0. The summed E-state index contributed by atoms with van der Waals surface area (Å²) in [5, 5.41) is 34.2. The molecule has 3 rings (SSSR count). The number of nitrogens with zero attached hydrogens (tertiary/aromatic N) is 2. The second kappa shape index (κ2) is 9.98. The van der Waals surface area contributed by atoms with Gasteiger partial charge in [-0.2, -0.15) is 0 Å². The second-order valence-corrected chi connectivity index (χ2v) is 7.03. The maximum Gasteiger partial charge on any atom is 0.346 e. The van der Waals surface area contributed by atoms with Crippen LogP contribution in [0.4, 0.5) is 11.4 Å². The van der Waals surface area contributed by atoms with Crippen molar-refractivity contribution in [3.63, 3.8) is 0 Å². The fourth-order valence-corrected chi connectivity index (χ4v) is 3.47. The third-order valence-electron chi connectivity index (χ3n) is 5.10. The molecule has 0 bridgehead atoms. The summed E-state index contributed by atoms with van der Waals surface area (Å²) in [5.41, 5.74) is -2.95. The van der Waals surface area contributed by atoms with Gasteiger partial charge < -0.3 is 14.6 Å². The van der Waals surface area contributed by atoms with Gasteiger partial charge in [-0.15, -0.1) is 0 Å². The molecule has 170 valence electrons. The molecule has 0 heterocycles. The topological polar surface area (TPSA) is 142 Å². The van der Waals surface area contributed by atoms with E-state index in [1.54, 1.807) is 48.5 Å². The zero-order valence-corrected chi connectivity index (χ0v) is 17.5. The number of ether oxygens (including phenoxy) is 2. The van der Waals surface area contributed by atoms with Gasteiger partial charge in [0.25, 0.3) is 11.4 Å². The molecule has 0 fully saturated rings. The Balaban J connectivity index is 2.20. The van der Waals surface area contributed by atoms with Crippen molar-refractivity contribution in [3.05, 3.63) is 116 Å². The van der Waals surface area contributed by atoms with Crippen LogP contribution in [-0.2, 0) is 26.5 Å². The summed E-state index contributed by atoms with van der Waals surface area (Å²) in [4.78, 5) is 34.3. The lowest BCUT2D eigenvalue weighted by atomic mass is 9.83. The summed E-state index contributed by atoms with van der Waals surface area (Å²) in [5.74, 6) is -0.996. The van der Waals surface area contributed by atoms with Gasteiger partial charge in [0.15, 0.2) is 0 Å². The van der Waals surface area contributed by atoms with E-state index in [0.717, 1.165) is 25.3 Å². The highest BCUT2D eigenvalue weighted by atomic mass is 16.6. The average molecular weight is 452 g/mol. The number of carbonyl (C=O) groups is 1. The largest absolute Gasteiger partial charge is 0.467 e. The van der Waals surface area contributed by atoms with Gasteiger partial charge in [0.05, 0.1) is 35.2 Å². The number of aliphatic hydroxyl groups excluding tert-OH is 1. The molecule has 0 radical (unpaired) electrons. The Morgan fingerprint density at radius 1 is 0.970 bits per heavy atom. The molecule has 0 saturated heterocycles. The number of rotatable bonds is 9. The van der Waals surface area contributed by atoms with Crippen molar-refractivity contribution < 1.29 is 29.2 Å². The third-order valence-corrected chi connectivity index (χ3v) is 5.10. The fourth-order valence-electron chi connectivity index (χ4n) is 3.47. The van der Waals surface area contributed by atoms with Crippen molar-refractivity contribution in [1.82, 2.24) is 0 Å². The lowest BCUT2D eigenvalue weighted by molar-refractivity contribution is -0.395. The molecule has 0 amide bonds. The molecule has 0 aromatic heterocycles. The number of carbonyl (C=O) groups excluding carboxylic acids is 1. The molecular formula is C23H20N2O8. The van der Waals surface area contributed by atoms with E-state index in [9.17, 15) is 30.1 Å². The molecule has 1 N–H and O–H groups in total. The van der Waals surface area contributed by atoms with Gasteiger partial charge in [-0.05, 0) is 17.2 Å². The van der Waals surface area contributed by atoms with Crippen LogP contribution in [0.25, 0.3) is 0 Å². The van der Waals surface area contributed by atoms with Gasteiger partial charge in [-0.1, -0.05) is 60.7 Å². The van der Waals surface area contributed by atoms with Gasteiger partial charge in [-0.3, -0.25) is 20.2 Å². The first-order chi connectivity index (χ1) is 15.8. The Hall–Kier alpha value is -4.15. The highest BCUT2D eigenvalue weighted by Gasteiger charge is 2.52. The number of nitro benzene ring substituents is 2. The Kier molecular flexibility index (Phi) is 7.11. The Morgan fingerprint density at radius 2 is 1.58 bits per heavy atom. The average Bonchev–Trinajstić information content (AvgIpc) is 2.84. The van der Waals surface area contributed by atoms with Gasteiger partial charge >= 0.3 is 5.97 Å². The Labute approximate surface area is 188 Å². The van der Waals surface area contributed by atoms with E-state index in [1.165, 1.54) is 12.1 Å².